The zero-order chi connectivity index (χ0) is 14.2. The molecule has 0 spiro atoms. The number of hydrogen-bond acceptors (Lipinski definition) is 1. The predicted molar refractivity (Wildman–Crippen MR) is 79.7 cm³/mol. The lowest BCUT2D eigenvalue weighted by Gasteiger charge is -2.56. The predicted octanol–water partition coefficient (Wildman–Crippen LogP) is 0.647. The van der Waals surface area contributed by atoms with Crippen molar-refractivity contribution in [3.05, 3.63) is 0 Å². The Morgan fingerprint density at radius 1 is 1.05 bits per heavy atom. The molecule has 3 N–H and O–H groups in total. The van der Waals surface area contributed by atoms with Gasteiger partial charge in [-0.25, -0.2) is 4.79 Å². The van der Waals surface area contributed by atoms with Crippen molar-refractivity contribution in [1.29, 1.82) is 0 Å². The van der Waals surface area contributed by atoms with Crippen LogP contribution in [0.25, 0.3) is 0 Å². The molecule has 4 rings (SSSR count). The highest BCUT2D eigenvalue weighted by molar-refractivity contribution is 5.73. The first kappa shape index (κ1) is 14.2. The Labute approximate surface area is 122 Å². The van der Waals surface area contributed by atoms with Gasteiger partial charge < -0.3 is 15.5 Å². The number of nitrogens with one attached hydrogen (secondary N) is 3. The SMILES string of the molecule is C[NH+](C)CCNC(=O)NCC12CC3CC(CC(C3)C1)C2. The smallest absolute Gasteiger partial charge is 0.315 e. The standard InChI is InChI=1S/C16H29N3O/c1-19(2)4-3-17-15(20)18-11-16-8-12-5-13(9-16)7-14(6-12)10-16/h12-14H,3-11H2,1-2H3,(H2,17,18,20)/p+1. The normalized spacial score (nSPS) is 38.2. The largest absolute Gasteiger partial charge is 0.338 e. The minimum absolute atomic E-state index is 0.0296. The fourth-order valence-electron chi connectivity index (χ4n) is 5.26. The van der Waals surface area contributed by atoms with E-state index < -0.39 is 0 Å². The molecule has 4 saturated carbocycles. The van der Waals surface area contributed by atoms with E-state index in [9.17, 15) is 4.79 Å². The van der Waals surface area contributed by atoms with Crippen molar-refractivity contribution < 1.29 is 9.69 Å². The van der Waals surface area contributed by atoms with Crippen LogP contribution in [0, 0.1) is 23.2 Å². The molecule has 4 nitrogen and oxygen atoms in total. The van der Waals surface area contributed by atoms with Crippen LogP contribution in [0.2, 0.25) is 0 Å². The van der Waals surface area contributed by atoms with Gasteiger partial charge >= 0.3 is 6.03 Å². The molecule has 4 aliphatic rings. The molecule has 0 aromatic carbocycles. The average molecular weight is 280 g/mol. The van der Waals surface area contributed by atoms with E-state index in [0.717, 1.165) is 37.4 Å². The molecule has 0 aromatic heterocycles. The van der Waals surface area contributed by atoms with E-state index in [1.54, 1.807) is 0 Å². The van der Waals surface area contributed by atoms with Crippen molar-refractivity contribution in [2.75, 3.05) is 33.7 Å². The average Bonchev–Trinajstić information content (AvgIpc) is 2.34. The van der Waals surface area contributed by atoms with E-state index >= 15 is 0 Å². The Morgan fingerprint density at radius 3 is 2.10 bits per heavy atom. The second-order valence-electron chi connectivity index (χ2n) is 7.98. The molecule has 0 radical (unpaired) electrons. The van der Waals surface area contributed by atoms with Gasteiger partial charge in [-0.1, -0.05) is 0 Å². The van der Waals surface area contributed by atoms with Gasteiger partial charge in [0.25, 0.3) is 0 Å². The monoisotopic (exact) mass is 280 g/mol. The fraction of sp³-hybridized carbons (Fsp3) is 0.938. The van der Waals surface area contributed by atoms with Crippen molar-refractivity contribution in [1.82, 2.24) is 10.6 Å². The van der Waals surface area contributed by atoms with Crippen LogP contribution in [0.5, 0.6) is 0 Å². The number of quaternary nitrogens is 1. The molecular formula is C16H30N3O+. The molecule has 0 heterocycles. The van der Waals surface area contributed by atoms with Gasteiger partial charge in [0.05, 0.1) is 27.2 Å². The molecule has 2 amide bonds. The van der Waals surface area contributed by atoms with Gasteiger partial charge in [0.15, 0.2) is 0 Å². The minimum atomic E-state index is 0.0296. The Hall–Kier alpha value is -0.770. The molecule has 4 bridgehead atoms. The van der Waals surface area contributed by atoms with E-state index in [1.165, 1.54) is 43.4 Å². The molecule has 0 aromatic rings. The quantitative estimate of drug-likeness (QED) is 0.680. The van der Waals surface area contributed by atoms with Gasteiger partial charge in [-0.15, -0.1) is 0 Å². The maximum atomic E-state index is 11.9. The maximum Gasteiger partial charge on any atom is 0.315 e. The Morgan fingerprint density at radius 2 is 1.60 bits per heavy atom. The summed E-state index contributed by atoms with van der Waals surface area (Å²) in [6.07, 6.45) is 8.49. The first-order valence-electron chi connectivity index (χ1n) is 8.35. The summed E-state index contributed by atoms with van der Waals surface area (Å²) >= 11 is 0. The first-order valence-corrected chi connectivity index (χ1v) is 8.35. The summed E-state index contributed by atoms with van der Waals surface area (Å²) in [4.78, 5) is 13.3. The number of hydrogen-bond donors (Lipinski definition) is 3. The lowest BCUT2D eigenvalue weighted by molar-refractivity contribution is -0.856. The molecule has 4 fully saturated rings. The molecule has 4 aliphatic carbocycles. The summed E-state index contributed by atoms with van der Waals surface area (Å²) < 4.78 is 0. The van der Waals surface area contributed by atoms with Crippen LogP contribution in [0.4, 0.5) is 4.79 Å². The zero-order valence-electron chi connectivity index (χ0n) is 13.0. The highest BCUT2D eigenvalue weighted by Gasteiger charge is 2.50. The summed E-state index contributed by atoms with van der Waals surface area (Å²) in [5.74, 6) is 2.88. The summed E-state index contributed by atoms with van der Waals surface area (Å²) in [6, 6.07) is 0.0296. The molecule has 0 saturated heterocycles. The number of likely N-dealkylation sites (N-methyl/N-ethyl adjacent to an activating group) is 1. The van der Waals surface area contributed by atoms with Crippen molar-refractivity contribution in [2.45, 2.75) is 38.5 Å². The van der Waals surface area contributed by atoms with E-state index in [-0.39, 0.29) is 6.03 Å². The van der Waals surface area contributed by atoms with Crippen LogP contribution in [0.3, 0.4) is 0 Å². The lowest BCUT2D eigenvalue weighted by Crippen LogP contribution is -3.06. The van der Waals surface area contributed by atoms with Crippen LogP contribution in [-0.4, -0.2) is 39.8 Å². The molecule has 0 atom stereocenters. The van der Waals surface area contributed by atoms with Crippen molar-refractivity contribution in [3.8, 4) is 0 Å². The van der Waals surface area contributed by atoms with Crippen LogP contribution < -0.4 is 15.5 Å². The highest BCUT2D eigenvalue weighted by atomic mass is 16.2. The molecular weight excluding hydrogens is 250 g/mol. The van der Waals surface area contributed by atoms with Gasteiger partial charge in [-0.3, -0.25) is 0 Å². The van der Waals surface area contributed by atoms with E-state index in [0.29, 0.717) is 5.41 Å². The number of rotatable bonds is 5. The van der Waals surface area contributed by atoms with Gasteiger partial charge in [-0.2, -0.15) is 0 Å². The second kappa shape index (κ2) is 5.55. The number of amides is 2. The van der Waals surface area contributed by atoms with Gasteiger partial charge in [0.1, 0.15) is 0 Å². The Bertz CT molecular complexity index is 331. The third kappa shape index (κ3) is 3.11. The molecule has 0 aliphatic heterocycles. The summed E-state index contributed by atoms with van der Waals surface area (Å²) in [6.45, 7) is 2.64. The number of carbonyl (C=O) groups is 1. The molecule has 0 unspecified atom stereocenters. The van der Waals surface area contributed by atoms with Gasteiger partial charge in [-0.05, 0) is 61.7 Å². The van der Waals surface area contributed by atoms with E-state index in [4.69, 9.17) is 0 Å². The second-order valence-corrected chi connectivity index (χ2v) is 7.98. The molecule has 20 heavy (non-hydrogen) atoms. The zero-order valence-corrected chi connectivity index (χ0v) is 13.0. The first-order chi connectivity index (χ1) is 9.55. The third-order valence-electron chi connectivity index (χ3n) is 5.70. The topological polar surface area (TPSA) is 45.6 Å². The van der Waals surface area contributed by atoms with E-state index in [1.807, 2.05) is 0 Å². The van der Waals surface area contributed by atoms with Gasteiger partial charge in [0.2, 0.25) is 0 Å². The lowest BCUT2D eigenvalue weighted by atomic mass is 9.49. The fourth-order valence-corrected chi connectivity index (χ4v) is 5.26. The molecule has 4 heteroatoms. The summed E-state index contributed by atoms with van der Waals surface area (Å²) in [5.41, 5.74) is 0.443. The molecule has 114 valence electrons. The van der Waals surface area contributed by atoms with Crippen LogP contribution in [-0.2, 0) is 0 Å². The Balaban J connectivity index is 1.45. The van der Waals surface area contributed by atoms with Crippen molar-refractivity contribution in [3.63, 3.8) is 0 Å². The van der Waals surface area contributed by atoms with E-state index in [2.05, 4.69) is 24.7 Å². The summed E-state index contributed by atoms with van der Waals surface area (Å²) in [7, 11) is 4.21. The van der Waals surface area contributed by atoms with Gasteiger partial charge in [0, 0.05) is 6.54 Å². The highest BCUT2D eigenvalue weighted by Crippen LogP contribution is 2.59. The minimum Gasteiger partial charge on any atom is -0.338 e. The number of carbonyl (C=O) groups excluding carboxylic acids is 1. The van der Waals surface area contributed by atoms with Crippen LogP contribution in [0.15, 0.2) is 0 Å². The van der Waals surface area contributed by atoms with Crippen LogP contribution in [0.1, 0.15) is 38.5 Å². The maximum absolute atomic E-state index is 11.9. The summed E-state index contributed by atoms with van der Waals surface area (Å²) in [5, 5.41) is 6.13. The Kier molecular flexibility index (Phi) is 3.93. The van der Waals surface area contributed by atoms with Crippen LogP contribution >= 0.6 is 0 Å². The van der Waals surface area contributed by atoms with Crippen molar-refractivity contribution >= 4 is 6.03 Å². The third-order valence-corrected chi connectivity index (χ3v) is 5.70. The van der Waals surface area contributed by atoms with Crippen molar-refractivity contribution in [2.24, 2.45) is 23.2 Å². The number of urea groups is 1.